The molecule has 2 aromatic carbocycles. The van der Waals surface area contributed by atoms with Gasteiger partial charge in [0, 0.05) is 54.4 Å². The van der Waals surface area contributed by atoms with Crippen LogP contribution >= 0.6 is 0 Å². The van der Waals surface area contributed by atoms with Crippen molar-refractivity contribution >= 4 is 40.4 Å². The standard InChI is InChI=1S/C25H23N5O3/c1-15-5-4-10-30-14-23(29-24(15)30)18-6-8-20(9-7-18)28-25(33)19-11-21(26-16(2)31)13-22(12-19)27-17(3)32/h4-14H,1-3H3,(H,26,31)(H,27,32)(H,28,33). The third kappa shape index (κ3) is 5.07. The molecule has 33 heavy (non-hydrogen) atoms. The SMILES string of the molecule is CC(=O)Nc1cc(NC(C)=O)cc(C(=O)Nc2ccc(-c3cn4cccc(C)c4n3)cc2)c1. The summed E-state index contributed by atoms with van der Waals surface area (Å²) in [4.78, 5) is 40.4. The molecular formula is C25H23N5O3. The minimum atomic E-state index is -0.370. The molecule has 2 heterocycles. The lowest BCUT2D eigenvalue weighted by molar-refractivity contribution is -0.115. The highest BCUT2D eigenvalue weighted by atomic mass is 16.2. The maximum atomic E-state index is 12.8. The van der Waals surface area contributed by atoms with E-state index in [1.807, 2.05) is 48.0 Å². The van der Waals surface area contributed by atoms with Crippen molar-refractivity contribution in [1.29, 1.82) is 0 Å². The van der Waals surface area contributed by atoms with Gasteiger partial charge >= 0.3 is 0 Å². The molecule has 0 saturated heterocycles. The predicted molar refractivity (Wildman–Crippen MR) is 128 cm³/mol. The Hall–Kier alpha value is -4.46. The zero-order chi connectivity index (χ0) is 23.5. The largest absolute Gasteiger partial charge is 0.326 e. The molecule has 0 unspecified atom stereocenters. The smallest absolute Gasteiger partial charge is 0.255 e. The second-order valence-corrected chi connectivity index (χ2v) is 7.74. The van der Waals surface area contributed by atoms with Crippen LogP contribution in [0.1, 0.15) is 29.8 Å². The van der Waals surface area contributed by atoms with E-state index in [9.17, 15) is 14.4 Å². The Bertz CT molecular complexity index is 1340. The topological polar surface area (TPSA) is 105 Å². The van der Waals surface area contributed by atoms with Crippen LogP contribution in [-0.2, 0) is 9.59 Å². The first-order valence-electron chi connectivity index (χ1n) is 10.3. The first-order valence-corrected chi connectivity index (χ1v) is 10.3. The number of nitrogens with zero attached hydrogens (tertiary/aromatic N) is 2. The average Bonchev–Trinajstić information content (AvgIpc) is 3.19. The summed E-state index contributed by atoms with van der Waals surface area (Å²) in [5.41, 5.74) is 5.49. The van der Waals surface area contributed by atoms with E-state index in [1.54, 1.807) is 30.3 Å². The van der Waals surface area contributed by atoms with Crippen LogP contribution in [0, 0.1) is 6.92 Å². The fourth-order valence-electron chi connectivity index (χ4n) is 3.53. The number of imidazole rings is 1. The van der Waals surface area contributed by atoms with Crippen LogP contribution in [0.4, 0.5) is 17.1 Å². The summed E-state index contributed by atoms with van der Waals surface area (Å²) < 4.78 is 1.98. The van der Waals surface area contributed by atoms with Gasteiger partial charge in [-0.15, -0.1) is 0 Å². The van der Waals surface area contributed by atoms with Crippen molar-refractivity contribution in [2.24, 2.45) is 0 Å². The lowest BCUT2D eigenvalue weighted by atomic mass is 10.1. The Morgan fingerprint density at radius 2 is 1.45 bits per heavy atom. The number of hydrogen-bond acceptors (Lipinski definition) is 4. The van der Waals surface area contributed by atoms with Gasteiger partial charge in [-0.05, 0) is 48.9 Å². The molecular weight excluding hydrogens is 418 g/mol. The lowest BCUT2D eigenvalue weighted by Crippen LogP contribution is -2.15. The van der Waals surface area contributed by atoms with Crippen LogP contribution < -0.4 is 16.0 Å². The van der Waals surface area contributed by atoms with Gasteiger partial charge in [-0.2, -0.15) is 0 Å². The molecule has 0 aliphatic rings. The first kappa shape index (κ1) is 21.8. The molecule has 4 aromatic rings. The van der Waals surface area contributed by atoms with Gasteiger partial charge in [-0.3, -0.25) is 14.4 Å². The molecule has 8 heteroatoms. The third-order valence-corrected chi connectivity index (χ3v) is 4.95. The number of carbonyl (C=O) groups is 3. The second-order valence-electron chi connectivity index (χ2n) is 7.74. The molecule has 0 saturated carbocycles. The highest BCUT2D eigenvalue weighted by Gasteiger charge is 2.12. The highest BCUT2D eigenvalue weighted by molar-refractivity contribution is 6.06. The zero-order valence-corrected chi connectivity index (χ0v) is 18.5. The maximum Gasteiger partial charge on any atom is 0.255 e. The van der Waals surface area contributed by atoms with E-state index in [-0.39, 0.29) is 17.7 Å². The van der Waals surface area contributed by atoms with Crippen molar-refractivity contribution < 1.29 is 14.4 Å². The van der Waals surface area contributed by atoms with Crippen LogP contribution in [0.2, 0.25) is 0 Å². The third-order valence-electron chi connectivity index (χ3n) is 4.95. The van der Waals surface area contributed by atoms with Crippen molar-refractivity contribution in [3.63, 3.8) is 0 Å². The summed E-state index contributed by atoms with van der Waals surface area (Å²) in [6.07, 6.45) is 3.92. The molecule has 0 fully saturated rings. The number of pyridine rings is 1. The number of aromatic nitrogens is 2. The Labute approximate surface area is 190 Å². The number of anilines is 3. The summed E-state index contributed by atoms with van der Waals surface area (Å²) in [5.74, 6) is -0.928. The summed E-state index contributed by atoms with van der Waals surface area (Å²) in [5, 5.41) is 8.12. The fourth-order valence-corrected chi connectivity index (χ4v) is 3.53. The van der Waals surface area contributed by atoms with Gasteiger partial charge in [0.2, 0.25) is 11.8 Å². The summed E-state index contributed by atoms with van der Waals surface area (Å²) in [7, 11) is 0. The highest BCUT2D eigenvalue weighted by Crippen LogP contribution is 2.24. The quantitative estimate of drug-likeness (QED) is 0.425. The van der Waals surface area contributed by atoms with Crippen molar-refractivity contribution in [2.45, 2.75) is 20.8 Å². The van der Waals surface area contributed by atoms with Crippen LogP contribution in [0.15, 0.2) is 67.0 Å². The van der Waals surface area contributed by atoms with Gasteiger partial charge in [0.05, 0.1) is 5.69 Å². The van der Waals surface area contributed by atoms with Crippen LogP contribution in [0.25, 0.3) is 16.9 Å². The number of amides is 3. The molecule has 0 bridgehead atoms. The van der Waals surface area contributed by atoms with Crippen LogP contribution in [-0.4, -0.2) is 27.1 Å². The zero-order valence-electron chi connectivity index (χ0n) is 18.5. The summed E-state index contributed by atoms with van der Waals surface area (Å²) in [6, 6.07) is 16.1. The van der Waals surface area contributed by atoms with Gasteiger partial charge < -0.3 is 20.4 Å². The van der Waals surface area contributed by atoms with E-state index in [1.165, 1.54) is 13.8 Å². The number of carbonyl (C=O) groups excluding carboxylic acids is 3. The number of nitrogens with one attached hydrogen (secondary N) is 3. The monoisotopic (exact) mass is 441 g/mol. The average molecular weight is 441 g/mol. The van der Waals surface area contributed by atoms with Crippen molar-refractivity contribution in [3.8, 4) is 11.3 Å². The number of benzene rings is 2. The maximum absolute atomic E-state index is 12.8. The van der Waals surface area contributed by atoms with Gasteiger partial charge in [-0.1, -0.05) is 18.2 Å². The van der Waals surface area contributed by atoms with E-state index in [2.05, 4.69) is 16.0 Å². The predicted octanol–water partition coefficient (Wildman–Crippen LogP) is 4.48. The second kappa shape index (κ2) is 8.96. The van der Waals surface area contributed by atoms with Crippen molar-refractivity contribution in [3.05, 3.63) is 78.1 Å². The molecule has 3 N–H and O–H groups in total. The van der Waals surface area contributed by atoms with Gasteiger partial charge in [0.15, 0.2) is 0 Å². The van der Waals surface area contributed by atoms with Gasteiger partial charge in [-0.25, -0.2) is 4.98 Å². The Kier molecular flexibility index (Phi) is 5.91. The van der Waals surface area contributed by atoms with E-state index in [4.69, 9.17) is 4.98 Å². The molecule has 8 nitrogen and oxygen atoms in total. The minimum absolute atomic E-state index is 0.279. The fraction of sp³-hybridized carbons (Fsp3) is 0.120. The Morgan fingerprint density at radius 1 is 0.818 bits per heavy atom. The first-order chi connectivity index (χ1) is 15.8. The number of fused-ring (bicyclic) bond motifs is 1. The molecule has 166 valence electrons. The summed E-state index contributed by atoms with van der Waals surface area (Å²) >= 11 is 0. The van der Waals surface area contributed by atoms with Gasteiger partial charge in [0.1, 0.15) is 5.65 Å². The molecule has 0 aliphatic heterocycles. The molecule has 4 rings (SSSR count). The van der Waals surface area contributed by atoms with E-state index >= 15 is 0 Å². The van der Waals surface area contributed by atoms with E-state index in [0.717, 1.165) is 22.5 Å². The minimum Gasteiger partial charge on any atom is -0.326 e. The van der Waals surface area contributed by atoms with Crippen molar-refractivity contribution in [2.75, 3.05) is 16.0 Å². The lowest BCUT2D eigenvalue weighted by Gasteiger charge is -2.11. The normalized spacial score (nSPS) is 10.6. The number of aryl methyl sites for hydroxylation is 1. The van der Waals surface area contributed by atoms with Crippen LogP contribution in [0.5, 0.6) is 0 Å². The molecule has 0 radical (unpaired) electrons. The molecule has 2 aromatic heterocycles. The molecule has 0 aliphatic carbocycles. The molecule has 3 amide bonds. The number of hydrogen-bond donors (Lipinski definition) is 3. The summed E-state index contributed by atoms with van der Waals surface area (Å²) in [6.45, 7) is 4.76. The van der Waals surface area contributed by atoms with E-state index in [0.29, 0.717) is 22.6 Å². The Morgan fingerprint density at radius 3 is 2.03 bits per heavy atom. The van der Waals surface area contributed by atoms with E-state index < -0.39 is 0 Å². The Balaban J connectivity index is 1.55. The molecule has 0 spiro atoms. The van der Waals surface area contributed by atoms with Crippen LogP contribution in [0.3, 0.4) is 0 Å². The molecule has 0 atom stereocenters. The van der Waals surface area contributed by atoms with Gasteiger partial charge in [0.25, 0.3) is 5.91 Å². The number of rotatable bonds is 5. The van der Waals surface area contributed by atoms with Crippen molar-refractivity contribution in [1.82, 2.24) is 9.38 Å².